The van der Waals surface area contributed by atoms with E-state index < -0.39 is 0 Å². The average Bonchev–Trinajstić information content (AvgIpc) is 2.05. The lowest BCUT2D eigenvalue weighted by atomic mass is 10.3. The molecular formula is C6H12O4. The van der Waals surface area contributed by atoms with Gasteiger partial charge >= 0.3 is 0 Å². The topological polar surface area (TPSA) is 58.9 Å². The maximum absolute atomic E-state index is 8.62. The number of hydrogen-bond donors (Lipinski definition) is 2. The van der Waals surface area contributed by atoms with Gasteiger partial charge in [-0.2, -0.15) is 0 Å². The van der Waals surface area contributed by atoms with E-state index in [0.717, 1.165) is 0 Å². The monoisotopic (exact) mass is 148 g/mol. The maximum Gasteiger partial charge on any atom is 0.104 e. The molecule has 2 N–H and O–H groups in total. The van der Waals surface area contributed by atoms with Gasteiger partial charge in [0.15, 0.2) is 0 Å². The van der Waals surface area contributed by atoms with Crippen LogP contribution in [0.15, 0.2) is 0 Å². The number of aliphatic hydroxyl groups is 2. The molecule has 1 aliphatic heterocycles. The van der Waals surface area contributed by atoms with E-state index in [2.05, 4.69) is 0 Å². The van der Waals surface area contributed by atoms with Gasteiger partial charge in [-0.3, -0.25) is 0 Å². The lowest BCUT2D eigenvalue weighted by molar-refractivity contribution is -0.161. The molecule has 60 valence electrons. The van der Waals surface area contributed by atoms with E-state index in [1.807, 2.05) is 0 Å². The Kier molecular flexibility index (Phi) is 3.08. The minimum atomic E-state index is -0.258. The van der Waals surface area contributed by atoms with Gasteiger partial charge in [-0.15, -0.1) is 0 Å². The smallest absolute Gasteiger partial charge is 0.104 e. The van der Waals surface area contributed by atoms with E-state index >= 15 is 0 Å². The van der Waals surface area contributed by atoms with Crippen molar-refractivity contribution in [2.45, 2.75) is 12.2 Å². The molecule has 1 saturated heterocycles. The zero-order valence-electron chi connectivity index (χ0n) is 5.69. The van der Waals surface area contributed by atoms with Gasteiger partial charge in [0.2, 0.25) is 0 Å². The van der Waals surface area contributed by atoms with Crippen LogP contribution in [0.25, 0.3) is 0 Å². The second-order valence-corrected chi connectivity index (χ2v) is 2.28. The highest BCUT2D eigenvalue weighted by Crippen LogP contribution is 2.06. The summed E-state index contributed by atoms with van der Waals surface area (Å²) in [5, 5.41) is 17.2. The fourth-order valence-corrected chi connectivity index (χ4v) is 0.873. The predicted octanol–water partition coefficient (Wildman–Crippen LogP) is -1.24. The van der Waals surface area contributed by atoms with E-state index in [0.29, 0.717) is 13.2 Å². The predicted molar refractivity (Wildman–Crippen MR) is 33.7 cm³/mol. The molecule has 1 fully saturated rings. The molecule has 0 aromatic rings. The summed E-state index contributed by atoms with van der Waals surface area (Å²) >= 11 is 0. The third-order valence-electron chi connectivity index (χ3n) is 1.40. The van der Waals surface area contributed by atoms with Crippen LogP contribution < -0.4 is 0 Å². The van der Waals surface area contributed by atoms with Crippen molar-refractivity contribution in [3.8, 4) is 0 Å². The first-order valence-electron chi connectivity index (χ1n) is 3.31. The van der Waals surface area contributed by atoms with Gasteiger partial charge in [-0.05, 0) is 0 Å². The second-order valence-electron chi connectivity index (χ2n) is 2.28. The summed E-state index contributed by atoms with van der Waals surface area (Å²) in [5.74, 6) is 0. The SMILES string of the molecule is OCC1COCC(CO)O1. The van der Waals surface area contributed by atoms with Crippen molar-refractivity contribution >= 4 is 0 Å². The Morgan fingerprint density at radius 3 is 2.00 bits per heavy atom. The van der Waals surface area contributed by atoms with Gasteiger partial charge in [0.05, 0.1) is 26.4 Å². The first-order chi connectivity index (χ1) is 4.86. The molecule has 0 aromatic heterocycles. The largest absolute Gasteiger partial charge is 0.394 e. The van der Waals surface area contributed by atoms with Crippen molar-refractivity contribution in [3.05, 3.63) is 0 Å². The number of aliphatic hydroxyl groups excluding tert-OH is 2. The Labute approximate surface area is 59.4 Å². The van der Waals surface area contributed by atoms with E-state index in [9.17, 15) is 0 Å². The lowest BCUT2D eigenvalue weighted by Gasteiger charge is -2.27. The number of ether oxygens (including phenoxy) is 2. The molecule has 0 bridgehead atoms. The first-order valence-corrected chi connectivity index (χ1v) is 3.31. The summed E-state index contributed by atoms with van der Waals surface area (Å²) in [6.07, 6.45) is -0.517. The highest BCUT2D eigenvalue weighted by molar-refractivity contribution is 4.66. The summed E-state index contributed by atoms with van der Waals surface area (Å²) < 4.78 is 10.2. The molecule has 4 nitrogen and oxygen atoms in total. The molecule has 0 spiro atoms. The van der Waals surface area contributed by atoms with Crippen molar-refractivity contribution in [1.82, 2.24) is 0 Å². The maximum atomic E-state index is 8.62. The molecular weight excluding hydrogens is 136 g/mol. The standard InChI is InChI=1S/C6H12O4/c7-1-5-3-9-4-6(2-8)10-5/h5-8H,1-4H2. The van der Waals surface area contributed by atoms with Crippen LogP contribution in [0.5, 0.6) is 0 Å². The molecule has 1 aliphatic rings. The zero-order chi connectivity index (χ0) is 7.40. The van der Waals surface area contributed by atoms with E-state index in [-0.39, 0.29) is 25.4 Å². The highest BCUT2D eigenvalue weighted by Gasteiger charge is 2.21. The molecule has 0 saturated carbocycles. The molecule has 0 aromatic carbocycles. The van der Waals surface area contributed by atoms with Crippen LogP contribution in [0.2, 0.25) is 0 Å². The van der Waals surface area contributed by atoms with Gasteiger partial charge in [-0.1, -0.05) is 0 Å². The van der Waals surface area contributed by atoms with Crippen LogP contribution in [-0.4, -0.2) is 48.8 Å². The normalized spacial score (nSPS) is 34.2. The highest BCUT2D eigenvalue weighted by atomic mass is 16.6. The van der Waals surface area contributed by atoms with Gasteiger partial charge in [0.25, 0.3) is 0 Å². The van der Waals surface area contributed by atoms with Crippen molar-refractivity contribution in [1.29, 1.82) is 0 Å². The van der Waals surface area contributed by atoms with Crippen LogP contribution in [0.3, 0.4) is 0 Å². The third-order valence-corrected chi connectivity index (χ3v) is 1.40. The Hall–Kier alpha value is -0.160. The zero-order valence-corrected chi connectivity index (χ0v) is 5.69. The van der Waals surface area contributed by atoms with Crippen molar-refractivity contribution in [2.24, 2.45) is 0 Å². The summed E-state index contributed by atoms with van der Waals surface area (Å²) in [5.41, 5.74) is 0. The fraction of sp³-hybridized carbons (Fsp3) is 1.00. The molecule has 1 heterocycles. The van der Waals surface area contributed by atoms with Crippen LogP contribution in [0.4, 0.5) is 0 Å². The summed E-state index contributed by atoms with van der Waals surface area (Å²) in [7, 11) is 0. The number of rotatable bonds is 2. The van der Waals surface area contributed by atoms with Gasteiger partial charge < -0.3 is 19.7 Å². The van der Waals surface area contributed by atoms with Crippen LogP contribution >= 0.6 is 0 Å². The fourth-order valence-electron chi connectivity index (χ4n) is 0.873. The number of hydrogen-bond acceptors (Lipinski definition) is 4. The molecule has 4 heteroatoms. The first kappa shape index (κ1) is 7.94. The molecule has 0 aliphatic carbocycles. The van der Waals surface area contributed by atoms with Crippen molar-refractivity contribution in [3.63, 3.8) is 0 Å². The lowest BCUT2D eigenvalue weighted by Crippen LogP contribution is -2.39. The molecule has 0 amide bonds. The van der Waals surface area contributed by atoms with E-state index in [1.54, 1.807) is 0 Å². The Morgan fingerprint density at radius 1 is 1.10 bits per heavy atom. The van der Waals surface area contributed by atoms with Crippen molar-refractivity contribution in [2.75, 3.05) is 26.4 Å². The Balaban J connectivity index is 2.25. The van der Waals surface area contributed by atoms with Gasteiger partial charge in [0.1, 0.15) is 12.2 Å². The van der Waals surface area contributed by atoms with Crippen LogP contribution in [0.1, 0.15) is 0 Å². The average molecular weight is 148 g/mol. The summed E-state index contributed by atoms with van der Waals surface area (Å²) in [4.78, 5) is 0. The van der Waals surface area contributed by atoms with Gasteiger partial charge in [0, 0.05) is 0 Å². The molecule has 10 heavy (non-hydrogen) atoms. The quantitative estimate of drug-likeness (QED) is 0.514. The van der Waals surface area contributed by atoms with Gasteiger partial charge in [-0.25, -0.2) is 0 Å². The van der Waals surface area contributed by atoms with Crippen LogP contribution in [0, 0.1) is 0 Å². The Morgan fingerprint density at radius 2 is 1.60 bits per heavy atom. The summed E-state index contributed by atoms with van der Waals surface area (Å²) in [6, 6.07) is 0. The Bertz CT molecular complexity index is 85.7. The molecule has 0 radical (unpaired) electrons. The van der Waals surface area contributed by atoms with Crippen LogP contribution in [-0.2, 0) is 9.47 Å². The molecule has 2 unspecified atom stereocenters. The molecule has 1 rings (SSSR count). The molecule has 2 atom stereocenters. The summed E-state index contributed by atoms with van der Waals surface area (Å²) in [6.45, 7) is 0.757. The van der Waals surface area contributed by atoms with Crippen molar-refractivity contribution < 1.29 is 19.7 Å². The van der Waals surface area contributed by atoms with E-state index in [4.69, 9.17) is 19.7 Å². The second kappa shape index (κ2) is 3.88. The minimum absolute atomic E-state index is 0.0451. The van der Waals surface area contributed by atoms with E-state index in [1.165, 1.54) is 0 Å². The minimum Gasteiger partial charge on any atom is -0.394 e. The third kappa shape index (κ3) is 1.91.